The summed E-state index contributed by atoms with van der Waals surface area (Å²) >= 11 is 0. The lowest BCUT2D eigenvalue weighted by Gasteiger charge is -2.38. The van der Waals surface area contributed by atoms with Crippen molar-refractivity contribution in [3.63, 3.8) is 0 Å². The molecule has 0 unspecified atom stereocenters. The molecule has 0 aliphatic carbocycles. The predicted octanol–water partition coefficient (Wildman–Crippen LogP) is 0.128. The number of hydrogen-bond acceptors (Lipinski definition) is 7. The lowest BCUT2D eigenvalue weighted by atomic mass is 9.97. The van der Waals surface area contributed by atoms with Crippen LogP contribution in [0.5, 0.6) is 0 Å². The Morgan fingerprint density at radius 2 is 1.81 bits per heavy atom. The van der Waals surface area contributed by atoms with Crippen LogP contribution < -0.4 is 0 Å². The van der Waals surface area contributed by atoms with E-state index in [2.05, 4.69) is 0 Å². The molecule has 3 aliphatic rings. The molecule has 7 heteroatoms. The van der Waals surface area contributed by atoms with Crippen molar-refractivity contribution in [1.82, 2.24) is 0 Å². The second kappa shape index (κ2) is 4.86. The van der Waals surface area contributed by atoms with Gasteiger partial charge in [0.25, 0.3) is 0 Å². The van der Waals surface area contributed by atoms with Gasteiger partial charge in [-0.05, 0) is 27.7 Å². The van der Waals surface area contributed by atoms with Gasteiger partial charge in [-0.1, -0.05) is 0 Å². The highest BCUT2D eigenvalue weighted by Gasteiger charge is 2.69. The van der Waals surface area contributed by atoms with Gasteiger partial charge in [-0.2, -0.15) is 0 Å². The van der Waals surface area contributed by atoms with Crippen LogP contribution >= 0.6 is 0 Å². The third-order valence-electron chi connectivity index (χ3n) is 4.10. The maximum Gasteiger partial charge on any atom is 0.227 e. The van der Waals surface area contributed by atoms with Gasteiger partial charge in [0, 0.05) is 13.0 Å². The predicted molar refractivity (Wildman–Crippen MR) is 70.3 cm³/mol. The monoisotopic (exact) mass is 304 g/mol. The topological polar surface area (TPSA) is 86.6 Å². The molecule has 3 fully saturated rings. The molecular formula is C14H24O7. The van der Waals surface area contributed by atoms with E-state index in [0.717, 1.165) is 0 Å². The van der Waals surface area contributed by atoms with E-state index in [0.29, 0.717) is 6.61 Å². The minimum Gasteiger partial charge on any atom is -0.396 e. The maximum absolute atomic E-state index is 10.4. The summed E-state index contributed by atoms with van der Waals surface area (Å²) in [6.45, 7) is 7.36. The Morgan fingerprint density at radius 3 is 2.48 bits per heavy atom. The van der Waals surface area contributed by atoms with Crippen LogP contribution in [0.1, 0.15) is 34.1 Å². The molecule has 3 aliphatic heterocycles. The van der Waals surface area contributed by atoms with E-state index < -0.39 is 29.6 Å². The SMILES string of the molecule is CC1(C)OC[C@@H]2O[C@@]3([C@H](O)CCO)OC(C)(C)O[C@H]3[C@@H]2O1. The average molecular weight is 304 g/mol. The van der Waals surface area contributed by atoms with Crippen molar-refractivity contribution in [2.75, 3.05) is 13.2 Å². The van der Waals surface area contributed by atoms with Crippen molar-refractivity contribution in [2.24, 2.45) is 0 Å². The van der Waals surface area contributed by atoms with Gasteiger partial charge in [-0.15, -0.1) is 0 Å². The number of aliphatic hydroxyl groups is 2. The molecule has 0 aromatic carbocycles. The Morgan fingerprint density at radius 1 is 1.10 bits per heavy atom. The molecule has 21 heavy (non-hydrogen) atoms. The third-order valence-corrected chi connectivity index (χ3v) is 4.10. The molecule has 7 nitrogen and oxygen atoms in total. The molecule has 2 N–H and O–H groups in total. The highest BCUT2D eigenvalue weighted by Crippen LogP contribution is 2.50. The van der Waals surface area contributed by atoms with Crippen LogP contribution in [0.3, 0.4) is 0 Å². The zero-order valence-corrected chi connectivity index (χ0v) is 12.9. The number of ether oxygens (including phenoxy) is 5. The maximum atomic E-state index is 10.4. The van der Waals surface area contributed by atoms with E-state index in [9.17, 15) is 5.11 Å². The van der Waals surface area contributed by atoms with Crippen molar-refractivity contribution < 1.29 is 33.9 Å². The standard InChI is InChI=1S/C14H24O7/c1-12(2)17-7-8-10(19-12)11-14(18-8,9(16)5-6-15)21-13(3,4)20-11/h8-11,15-16H,5-7H2,1-4H3/t8-,9+,10+,11-,14-/m0/s1. The fourth-order valence-corrected chi connectivity index (χ4v) is 3.31. The number of rotatable bonds is 3. The van der Waals surface area contributed by atoms with Crippen molar-refractivity contribution >= 4 is 0 Å². The molecule has 0 radical (unpaired) electrons. The summed E-state index contributed by atoms with van der Waals surface area (Å²) in [6.07, 6.45) is -2.19. The van der Waals surface area contributed by atoms with Crippen LogP contribution in [-0.4, -0.2) is 65.2 Å². The Bertz CT molecular complexity index is 410. The molecule has 3 saturated heterocycles. The summed E-state index contributed by atoms with van der Waals surface area (Å²) in [7, 11) is 0. The van der Waals surface area contributed by atoms with Gasteiger partial charge in [0.2, 0.25) is 5.79 Å². The molecule has 0 amide bonds. The summed E-state index contributed by atoms with van der Waals surface area (Å²) in [6, 6.07) is 0. The smallest absolute Gasteiger partial charge is 0.227 e. The van der Waals surface area contributed by atoms with Crippen LogP contribution in [0.2, 0.25) is 0 Å². The number of aliphatic hydroxyl groups excluding tert-OH is 2. The molecular weight excluding hydrogens is 280 g/mol. The summed E-state index contributed by atoms with van der Waals surface area (Å²) in [4.78, 5) is 0. The molecule has 0 saturated carbocycles. The zero-order valence-electron chi connectivity index (χ0n) is 12.9. The Kier molecular flexibility index (Phi) is 3.61. The average Bonchev–Trinajstić information content (AvgIpc) is 2.78. The quantitative estimate of drug-likeness (QED) is 0.766. The summed E-state index contributed by atoms with van der Waals surface area (Å²) in [5.74, 6) is -2.96. The summed E-state index contributed by atoms with van der Waals surface area (Å²) in [5, 5.41) is 19.6. The highest BCUT2D eigenvalue weighted by molar-refractivity contribution is 5.07. The first-order chi connectivity index (χ1) is 9.69. The van der Waals surface area contributed by atoms with Crippen LogP contribution in [0.15, 0.2) is 0 Å². The fourth-order valence-electron chi connectivity index (χ4n) is 3.31. The van der Waals surface area contributed by atoms with E-state index >= 15 is 0 Å². The molecule has 0 aromatic rings. The Hall–Kier alpha value is -0.280. The first-order valence-corrected chi connectivity index (χ1v) is 7.36. The highest BCUT2D eigenvalue weighted by atomic mass is 16.9. The second-order valence-corrected chi connectivity index (χ2v) is 6.74. The van der Waals surface area contributed by atoms with Gasteiger partial charge < -0.3 is 33.9 Å². The second-order valence-electron chi connectivity index (χ2n) is 6.74. The van der Waals surface area contributed by atoms with Crippen molar-refractivity contribution in [2.45, 2.75) is 75.9 Å². The number of fused-ring (bicyclic) bond motifs is 3. The fraction of sp³-hybridized carbons (Fsp3) is 1.00. The van der Waals surface area contributed by atoms with Gasteiger partial charge in [-0.3, -0.25) is 0 Å². The van der Waals surface area contributed by atoms with E-state index in [-0.39, 0.29) is 25.2 Å². The first kappa shape index (κ1) is 15.6. The molecule has 5 atom stereocenters. The van der Waals surface area contributed by atoms with E-state index in [1.54, 1.807) is 13.8 Å². The number of hydrogen-bond donors (Lipinski definition) is 2. The molecule has 0 aromatic heterocycles. The van der Waals surface area contributed by atoms with Gasteiger partial charge >= 0.3 is 0 Å². The minimum atomic E-state index is -1.33. The summed E-state index contributed by atoms with van der Waals surface area (Å²) in [5.41, 5.74) is 0. The molecule has 0 spiro atoms. The third kappa shape index (κ3) is 2.50. The van der Waals surface area contributed by atoms with Gasteiger partial charge in [0.15, 0.2) is 11.6 Å². The Balaban J connectivity index is 1.90. The van der Waals surface area contributed by atoms with Crippen LogP contribution in [0, 0.1) is 0 Å². The van der Waals surface area contributed by atoms with Crippen molar-refractivity contribution in [3.05, 3.63) is 0 Å². The van der Waals surface area contributed by atoms with Crippen LogP contribution in [0.4, 0.5) is 0 Å². The first-order valence-electron chi connectivity index (χ1n) is 7.36. The lowest BCUT2D eigenvalue weighted by molar-refractivity contribution is -0.336. The minimum absolute atomic E-state index is 0.139. The molecule has 3 heterocycles. The summed E-state index contributed by atoms with van der Waals surface area (Å²) < 4.78 is 29.3. The van der Waals surface area contributed by atoms with Crippen LogP contribution in [-0.2, 0) is 23.7 Å². The van der Waals surface area contributed by atoms with E-state index in [4.69, 9.17) is 28.8 Å². The van der Waals surface area contributed by atoms with E-state index in [1.807, 2.05) is 13.8 Å². The largest absolute Gasteiger partial charge is 0.396 e. The van der Waals surface area contributed by atoms with Crippen LogP contribution in [0.25, 0.3) is 0 Å². The molecule has 122 valence electrons. The Labute approximate surface area is 124 Å². The van der Waals surface area contributed by atoms with Gasteiger partial charge in [0.05, 0.1) is 6.61 Å². The van der Waals surface area contributed by atoms with Gasteiger partial charge in [-0.25, -0.2) is 0 Å². The lowest BCUT2D eigenvalue weighted by Crippen LogP contribution is -2.53. The van der Waals surface area contributed by atoms with Gasteiger partial charge in [0.1, 0.15) is 24.4 Å². The molecule has 0 bridgehead atoms. The normalized spacial score (nSPS) is 45.1. The zero-order chi connectivity index (χ0) is 15.5. The van der Waals surface area contributed by atoms with Crippen molar-refractivity contribution in [3.8, 4) is 0 Å². The van der Waals surface area contributed by atoms with E-state index in [1.165, 1.54) is 0 Å². The molecule has 3 rings (SSSR count). The van der Waals surface area contributed by atoms with Crippen molar-refractivity contribution in [1.29, 1.82) is 0 Å².